The molecule has 8 heteroatoms. The molecule has 1 aliphatic heterocycles. The Morgan fingerprint density at radius 2 is 2.04 bits per heavy atom. The van der Waals surface area contributed by atoms with Crippen molar-refractivity contribution in [3.63, 3.8) is 0 Å². The lowest BCUT2D eigenvalue weighted by atomic mass is 10.1. The van der Waals surface area contributed by atoms with E-state index < -0.39 is 12.1 Å². The number of hydrogen-bond acceptors (Lipinski definition) is 4. The van der Waals surface area contributed by atoms with Crippen molar-refractivity contribution in [2.24, 2.45) is 16.5 Å². The van der Waals surface area contributed by atoms with E-state index in [9.17, 15) is 14.4 Å². The third-order valence-electron chi connectivity index (χ3n) is 4.81. The van der Waals surface area contributed by atoms with Gasteiger partial charge in [-0.25, -0.2) is 0 Å². The molecule has 8 nitrogen and oxygen atoms in total. The van der Waals surface area contributed by atoms with Crippen molar-refractivity contribution in [2.45, 2.75) is 50.6 Å². The van der Waals surface area contributed by atoms with E-state index in [0.29, 0.717) is 51.5 Å². The molecule has 2 amide bonds. The first-order chi connectivity index (χ1) is 13.5. The maximum Gasteiger partial charge on any atom is 0.243 e. The Morgan fingerprint density at radius 1 is 1.29 bits per heavy atom. The molecule has 1 heterocycles. The summed E-state index contributed by atoms with van der Waals surface area (Å²) in [5.74, 6) is -0.302. The molecule has 5 N–H and O–H groups in total. The number of amides is 2. The number of carbonyl (C=O) groups is 3. The zero-order chi connectivity index (χ0) is 20.4. The lowest BCUT2D eigenvalue weighted by molar-refractivity contribution is -0.139. The second-order valence-corrected chi connectivity index (χ2v) is 6.93. The molecule has 0 saturated carbocycles. The molecule has 0 spiro atoms. The van der Waals surface area contributed by atoms with Crippen molar-refractivity contribution in [1.82, 2.24) is 10.2 Å². The molecule has 2 rings (SSSR count). The first-order valence-electron chi connectivity index (χ1n) is 9.65. The van der Waals surface area contributed by atoms with Gasteiger partial charge in [-0.3, -0.25) is 14.6 Å². The van der Waals surface area contributed by atoms with Gasteiger partial charge in [0, 0.05) is 19.5 Å². The molecule has 1 saturated heterocycles. The first kappa shape index (κ1) is 21.4. The van der Waals surface area contributed by atoms with E-state index >= 15 is 0 Å². The van der Waals surface area contributed by atoms with Gasteiger partial charge in [-0.15, -0.1) is 0 Å². The number of hydrogen-bond donors (Lipinski definition) is 3. The first-order valence-corrected chi connectivity index (χ1v) is 9.65. The minimum atomic E-state index is -0.608. The zero-order valence-electron chi connectivity index (χ0n) is 16.0. The molecule has 1 aromatic rings. The largest absolute Gasteiger partial charge is 0.370 e. The molecule has 1 fully saturated rings. The van der Waals surface area contributed by atoms with Gasteiger partial charge in [-0.05, 0) is 37.7 Å². The number of aldehydes is 1. The molecular formula is C20H29N5O3. The van der Waals surface area contributed by atoms with Gasteiger partial charge in [0.25, 0.3) is 0 Å². The summed E-state index contributed by atoms with van der Waals surface area (Å²) < 4.78 is 0. The van der Waals surface area contributed by atoms with Crippen LogP contribution in [0, 0.1) is 0 Å². The van der Waals surface area contributed by atoms with Crippen LogP contribution < -0.4 is 16.8 Å². The van der Waals surface area contributed by atoms with Crippen LogP contribution in [0.3, 0.4) is 0 Å². The Bertz CT molecular complexity index is 688. The molecule has 1 aliphatic rings. The average Bonchev–Trinajstić information content (AvgIpc) is 3.19. The summed E-state index contributed by atoms with van der Waals surface area (Å²) in [6.45, 7) is 0.970. The number of benzene rings is 1. The monoisotopic (exact) mass is 387 g/mol. The fourth-order valence-corrected chi connectivity index (χ4v) is 3.35. The number of guanidine groups is 1. The van der Waals surface area contributed by atoms with Gasteiger partial charge in [0.15, 0.2) is 5.96 Å². The van der Waals surface area contributed by atoms with Crippen LogP contribution >= 0.6 is 0 Å². The van der Waals surface area contributed by atoms with Crippen molar-refractivity contribution in [3.8, 4) is 0 Å². The maximum absolute atomic E-state index is 12.6. The van der Waals surface area contributed by atoms with Crippen LogP contribution in [0.15, 0.2) is 35.3 Å². The van der Waals surface area contributed by atoms with Gasteiger partial charge in [0.1, 0.15) is 12.3 Å². The summed E-state index contributed by atoms with van der Waals surface area (Å²) in [6.07, 6.45) is 4.14. The predicted molar refractivity (Wildman–Crippen MR) is 107 cm³/mol. The standard InChI is InChI=1S/C20H29N5O3/c21-20(22)23-12-4-8-16(14-26)24-19(28)17-9-5-13-25(17)18(27)11-10-15-6-2-1-3-7-15/h1-3,6-7,14,16-17H,4-5,8-13H2,(H,24,28)(H4,21,22,23)/t16-,17-/m0/s1. The second kappa shape index (κ2) is 11.1. The van der Waals surface area contributed by atoms with Crippen molar-refractivity contribution in [2.75, 3.05) is 13.1 Å². The fourth-order valence-electron chi connectivity index (χ4n) is 3.35. The smallest absolute Gasteiger partial charge is 0.243 e. The van der Waals surface area contributed by atoms with Gasteiger partial charge in [0.2, 0.25) is 11.8 Å². The minimum absolute atomic E-state index is 0.00213. The van der Waals surface area contributed by atoms with E-state index in [1.807, 2.05) is 30.3 Å². The third-order valence-corrected chi connectivity index (χ3v) is 4.81. The quantitative estimate of drug-likeness (QED) is 0.231. The highest BCUT2D eigenvalue weighted by atomic mass is 16.2. The SMILES string of the molecule is NC(N)=NCCC[C@@H](C=O)NC(=O)[C@@H]1CCCN1C(=O)CCc1ccccc1. The number of aryl methyl sites for hydroxylation is 1. The molecule has 1 aromatic carbocycles. The molecule has 0 aliphatic carbocycles. The Balaban J connectivity index is 1.84. The average molecular weight is 387 g/mol. The second-order valence-electron chi connectivity index (χ2n) is 6.93. The minimum Gasteiger partial charge on any atom is -0.370 e. The Hall–Kier alpha value is -2.90. The lowest BCUT2D eigenvalue weighted by Crippen LogP contribution is -2.49. The van der Waals surface area contributed by atoms with Crippen molar-refractivity contribution in [1.29, 1.82) is 0 Å². The van der Waals surface area contributed by atoms with Gasteiger partial charge in [0.05, 0.1) is 6.04 Å². The van der Waals surface area contributed by atoms with Crippen LogP contribution in [0.2, 0.25) is 0 Å². The van der Waals surface area contributed by atoms with Crippen LogP contribution in [-0.2, 0) is 20.8 Å². The van der Waals surface area contributed by atoms with Crippen molar-refractivity contribution < 1.29 is 14.4 Å². The summed E-state index contributed by atoms with van der Waals surface area (Å²) in [7, 11) is 0. The summed E-state index contributed by atoms with van der Waals surface area (Å²) in [5, 5.41) is 2.74. The molecule has 28 heavy (non-hydrogen) atoms. The molecule has 152 valence electrons. The third kappa shape index (κ3) is 6.68. The van der Waals surface area contributed by atoms with Crippen LogP contribution in [0.5, 0.6) is 0 Å². The zero-order valence-corrected chi connectivity index (χ0v) is 16.0. The van der Waals surface area contributed by atoms with E-state index in [-0.39, 0.29) is 17.8 Å². The van der Waals surface area contributed by atoms with Gasteiger partial charge in [-0.1, -0.05) is 30.3 Å². The van der Waals surface area contributed by atoms with Crippen molar-refractivity contribution >= 4 is 24.1 Å². The summed E-state index contributed by atoms with van der Waals surface area (Å²) in [4.78, 5) is 42.0. The van der Waals surface area contributed by atoms with Crippen LogP contribution in [0.4, 0.5) is 0 Å². The van der Waals surface area contributed by atoms with E-state index in [0.717, 1.165) is 12.0 Å². The number of rotatable bonds is 10. The number of aliphatic imine (C=N–C) groups is 1. The van der Waals surface area contributed by atoms with Gasteiger partial charge >= 0.3 is 0 Å². The summed E-state index contributed by atoms with van der Waals surface area (Å²) >= 11 is 0. The molecular weight excluding hydrogens is 358 g/mol. The number of likely N-dealkylation sites (tertiary alicyclic amines) is 1. The lowest BCUT2D eigenvalue weighted by Gasteiger charge is -2.25. The predicted octanol–water partition coefficient (Wildman–Crippen LogP) is 0.348. The van der Waals surface area contributed by atoms with Crippen molar-refractivity contribution in [3.05, 3.63) is 35.9 Å². The van der Waals surface area contributed by atoms with E-state index in [1.54, 1.807) is 4.90 Å². The highest BCUT2D eigenvalue weighted by Crippen LogP contribution is 2.19. The molecule has 0 unspecified atom stereocenters. The van der Waals surface area contributed by atoms with E-state index in [2.05, 4.69) is 10.3 Å². The molecule has 0 radical (unpaired) electrons. The Labute approximate surface area is 165 Å². The summed E-state index contributed by atoms with van der Waals surface area (Å²) in [5.41, 5.74) is 11.6. The highest BCUT2D eigenvalue weighted by molar-refractivity contribution is 5.89. The Kier molecular flexibility index (Phi) is 8.45. The Morgan fingerprint density at radius 3 is 2.71 bits per heavy atom. The van der Waals surface area contributed by atoms with Gasteiger partial charge < -0.3 is 26.5 Å². The van der Waals surface area contributed by atoms with Crippen LogP contribution in [0.1, 0.15) is 37.7 Å². The van der Waals surface area contributed by atoms with E-state index in [1.165, 1.54) is 0 Å². The number of nitrogens with one attached hydrogen (secondary N) is 1. The number of carbonyl (C=O) groups excluding carboxylic acids is 3. The normalized spacial score (nSPS) is 17.0. The maximum atomic E-state index is 12.6. The van der Waals surface area contributed by atoms with Crippen LogP contribution in [0.25, 0.3) is 0 Å². The number of nitrogens with two attached hydrogens (primary N) is 2. The summed E-state index contributed by atoms with van der Waals surface area (Å²) in [6, 6.07) is 8.67. The van der Waals surface area contributed by atoms with Crippen LogP contribution in [-0.4, -0.2) is 54.1 Å². The highest BCUT2D eigenvalue weighted by Gasteiger charge is 2.34. The molecule has 2 atom stereocenters. The van der Waals surface area contributed by atoms with Gasteiger partial charge in [-0.2, -0.15) is 0 Å². The molecule has 0 bridgehead atoms. The number of nitrogens with zero attached hydrogens (tertiary/aromatic N) is 2. The van der Waals surface area contributed by atoms with E-state index in [4.69, 9.17) is 11.5 Å². The topological polar surface area (TPSA) is 131 Å². The molecule has 0 aromatic heterocycles. The fraction of sp³-hybridized carbons (Fsp3) is 0.500.